The molecule has 1 N–H and O–H groups in total. The van der Waals surface area contributed by atoms with Gasteiger partial charge in [-0.1, -0.05) is 36.0 Å². The zero-order chi connectivity index (χ0) is 19.7. The number of thioether (sulfide) groups is 1. The Bertz CT molecular complexity index is 998. The first-order valence-electron chi connectivity index (χ1n) is 9.34. The van der Waals surface area contributed by atoms with Crippen molar-refractivity contribution in [3.05, 3.63) is 46.1 Å². The molecule has 8 heteroatoms. The number of aryl methyl sites for hydroxylation is 3. The Morgan fingerprint density at radius 2 is 2.14 bits per heavy atom. The zero-order valence-corrected chi connectivity index (χ0v) is 17.7. The normalized spacial score (nSPS) is 17.2. The van der Waals surface area contributed by atoms with Crippen molar-refractivity contribution in [2.24, 2.45) is 0 Å². The zero-order valence-electron chi connectivity index (χ0n) is 16.1. The molecule has 1 aromatic carbocycles. The van der Waals surface area contributed by atoms with Crippen LogP contribution in [0.5, 0.6) is 0 Å². The van der Waals surface area contributed by atoms with Crippen LogP contribution in [0, 0.1) is 13.8 Å². The lowest BCUT2D eigenvalue weighted by Gasteiger charge is -2.27. The van der Waals surface area contributed by atoms with Gasteiger partial charge < -0.3 is 9.73 Å². The van der Waals surface area contributed by atoms with E-state index in [0.29, 0.717) is 11.1 Å². The fourth-order valence-electron chi connectivity index (χ4n) is 3.48. The minimum Gasteiger partial charge on any atom is -0.410 e. The van der Waals surface area contributed by atoms with Crippen LogP contribution in [0.2, 0.25) is 0 Å². The number of hydrogen-bond acceptors (Lipinski definition) is 7. The van der Waals surface area contributed by atoms with Crippen LogP contribution in [-0.2, 0) is 11.2 Å². The van der Waals surface area contributed by atoms with Crippen LogP contribution in [0.4, 0.5) is 0 Å². The van der Waals surface area contributed by atoms with Crippen molar-refractivity contribution >= 4 is 29.0 Å². The molecule has 2 unspecified atom stereocenters. The number of benzene rings is 1. The Labute approximate surface area is 172 Å². The summed E-state index contributed by atoms with van der Waals surface area (Å²) in [6.07, 6.45) is 3.13. The van der Waals surface area contributed by atoms with Crippen molar-refractivity contribution in [2.45, 2.75) is 56.5 Å². The molecule has 2 atom stereocenters. The number of hydrogen-bond donors (Lipinski definition) is 1. The first-order valence-corrected chi connectivity index (χ1v) is 11.0. The van der Waals surface area contributed by atoms with E-state index in [0.717, 1.165) is 34.8 Å². The lowest BCUT2D eigenvalue weighted by atomic mass is 9.88. The van der Waals surface area contributed by atoms with Crippen LogP contribution in [0.15, 0.2) is 33.9 Å². The summed E-state index contributed by atoms with van der Waals surface area (Å²) in [6.45, 7) is 5.73. The average Bonchev–Trinajstić information content (AvgIpc) is 3.27. The fourth-order valence-corrected chi connectivity index (χ4v) is 5.01. The molecule has 6 nitrogen and oxygen atoms in total. The molecule has 0 saturated carbocycles. The number of amides is 1. The molecule has 28 heavy (non-hydrogen) atoms. The van der Waals surface area contributed by atoms with Gasteiger partial charge in [0.15, 0.2) is 0 Å². The summed E-state index contributed by atoms with van der Waals surface area (Å²) < 4.78 is 5.76. The van der Waals surface area contributed by atoms with E-state index in [9.17, 15) is 4.79 Å². The van der Waals surface area contributed by atoms with E-state index in [2.05, 4.69) is 38.7 Å². The van der Waals surface area contributed by atoms with Gasteiger partial charge in [-0.25, -0.2) is 4.98 Å². The molecule has 0 saturated heterocycles. The number of carbonyl (C=O) groups is 1. The van der Waals surface area contributed by atoms with E-state index in [4.69, 9.17) is 4.42 Å². The molecule has 1 aliphatic rings. The van der Waals surface area contributed by atoms with Crippen LogP contribution >= 0.6 is 23.1 Å². The van der Waals surface area contributed by atoms with E-state index >= 15 is 0 Å². The summed E-state index contributed by atoms with van der Waals surface area (Å²) in [6, 6.07) is 8.42. The molecule has 1 amide bonds. The number of rotatable bonds is 5. The SMILES string of the molecule is Cc1nc(C)c(-c2nnc(SC(C)C(=O)NC3CCCc4ccccc43)o2)s1. The summed E-state index contributed by atoms with van der Waals surface area (Å²) in [7, 11) is 0. The third kappa shape index (κ3) is 3.98. The monoisotopic (exact) mass is 414 g/mol. The number of fused-ring (bicyclic) bond motifs is 1. The topological polar surface area (TPSA) is 80.9 Å². The molecule has 0 spiro atoms. The highest BCUT2D eigenvalue weighted by Gasteiger charge is 2.25. The molecule has 0 radical (unpaired) electrons. The number of aromatic nitrogens is 3. The number of thiazole rings is 1. The van der Waals surface area contributed by atoms with Crippen LogP contribution in [0.25, 0.3) is 10.8 Å². The smallest absolute Gasteiger partial charge is 0.277 e. The highest BCUT2D eigenvalue weighted by Crippen LogP contribution is 2.33. The second-order valence-corrected chi connectivity index (χ2v) is 9.43. The molecule has 0 fully saturated rings. The van der Waals surface area contributed by atoms with Gasteiger partial charge in [-0.3, -0.25) is 4.79 Å². The van der Waals surface area contributed by atoms with Gasteiger partial charge in [-0.05, 0) is 51.2 Å². The minimum absolute atomic E-state index is 0.0173. The second-order valence-electron chi connectivity index (χ2n) is 6.93. The van der Waals surface area contributed by atoms with Crippen LogP contribution in [0.1, 0.15) is 47.6 Å². The van der Waals surface area contributed by atoms with E-state index in [1.807, 2.05) is 26.8 Å². The standard InChI is InChI=1S/C20H22N4O2S2/c1-11-17(28-13(3)21-11)19-23-24-20(26-19)27-12(2)18(25)22-16-10-6-8-14-7-4-5-9-15(14)16/h4-5,7,9,12,16H,6,8,10H2,1-3H3,(H,22,25). The number of carbonyl (C=O) groups excluding carboxylic acids is 1. The largest absolute Gasteiger partial charge is 0.410 e. The molecular weight excluding hydrogens is 392 g/mol. The summed E-state index contributed by atoms with van der Waals surface area (Å²) in [4.78, 5) is 18.0. The van der Waals surface area contributed by atoms with Crippen molar-refractivity contribution < 1.29 is 9.21 Å². The van der Waals surface area contributed by atoms with Crippen LogP contribution in [-0.4, -0.2) is 26.3 Å². The van der Waals surface area contributed by atoms with Gasteiger partial charge in [0.25, 0.3) is 11.1 Å². The first-order chi connectivity index (χ1) is 13.5. The third-order valence-electron chi connectivity index (χ3n) is 4.84. The van der Waals surface area contributed by atoms with E-state index in [-0.39, 0.29) is 17.2 Å². The molecule has 3 aromatic rings. The third-order valence-corrected chi connectivity index (χ3v) is 6.83. The maximum atomic E-state index is 12.7. The summed E-state index contributed by atoms with van der Waals surface area (Å²) in [5, 5.41) is 12.4. The van der Waals surface area contributed by atoms with Crippen LogP contribution in [0.3, 0.4) is 0 Å². The van der Waals surface area contributed by atoms with Gasteiger partial charge in [0.1, 0.15) is 4.88 Å². The predicted molar refractivity (Wildman–Crippen MR) is 110 cm³/mol. The van der Waals surface area contributed by atoms with Gasteiger partial charge in [0.05, 0.1) is 22.0 Å². The summed E-state index contributed by atoms with van der Waals surface area (Å²) in [5.74, 6) is 0.440. The molecule has 2 aromatic heterocycles. The molecule has 0 bridgehead atoms. The highest BCUT2D eigenvalue weighted by molar-refractivity contribution is 8.00. The lowest BCUT2D eigenvalue weighted by molar-refractivity contribution is -0.121. The molecular formula is C20H22N4O2S2. The molecule has 0 aliphatic heterocycles. The maximum Gasteiger partial charge on any atom is 0.277 e. The van der Waals surface area contributed by atoms with Crippen molar-refractivity contribution in [3.8, 4) is 10.8 Å². The minimum atomic E-state index is -0.327. The van der Waals surface area contributed by atoms with Crippen LogP contribution < -0.4 is 5.32 Å². The second kappa shape index (κ2) is 8.05. The lowest BCUT2D eigenvalue weighted by Crippen LogP contribution is -2.35. The Morgan fingerprint density at radius 3 is 2.93 bits per heavy atom. The van der Waals surface area contributed by atoms with Gasteiger partial charge in [-0.15, -0.1) is 21.5 Å². The van der Waals surface area contributed by atoms with Crippen molar-refractivity contribution in [2.75, 3.05) is 0 Å². The van der Waals surface area contributed by atoms with Crippen molar-refractivity contribution in [3.63, 3.8) is 0 Å². The Hall–Kier alpha value is -2.19. The summed E-state index contributed by atoms with van der Waals surface area (Å²) in [5.41, 5.74) is 3.44. The molecule has 2 heterocycles. The van der Waals surface area contributed by atoms with Gasteiger partial charge in [0.2, 0.25) is 5.91 Å². The summed E-state index contributed by atoms with van der Waals surface area (Å²) >= 11 is 2.81. The number of nitrogens with zero attached hydrogens (tertiary/aromatic N) is 3. The molecule has 4 rings (SSSR count). The van der Waals surface area contributed by atoms with Gasteiger partial charge in [-0.2, -0.15) is 0 Å². The van der Waals surface area contributed by atoms with Gasteiger partial charge in [0, 0.05) is 0 Å². The Balaban J connectivity index is 1.41. The van der Waals surface area contributed by atoms with E-state index < -0.39 is 0 Å². The van der Waals surface area contributed by atoms with Crippen molar-refractivity contribution in [1.82, 2.24) is 20.5 Å². The van der Waals surface area contributed by atoms with Crippen molar-refractivity contribution in [1.29, 1.82) is 0 Å². The quantitative estimate of drug-likeness (QED) is 0.620. The fraction of sp³-hybridized carbons (Fsp3) is 0.400. The predicted octanol–water partition coefficient (Wildman–Crippen LogP) is 4.48. The first kappa shape index (κ1) is 19.1. The number of nitrogens with one attached hydrogen (secondary N) is 1. The van der Waals surface area contributed by atoms with Gasteiger partial charge >= 0.3 is 0 Å². The highest BCUT2D eigenvalue weighted by atomic mass is 32.2. The Kier molecular flexibility index (Phi) is 5.50. The average molecular weight is 415 g/mol. The molecule has 146 valence electrons. The maximum absolute atomic E-state index is 12.7. The Morgan fingerprint density at radius 1 is 1.32 bits per heavy atom. The van der Waals surface area contributed by atoms with E-state index in [1.165, 1.54) is 34.2 Å². The molecule has 1 aliphatic carbocycles. The van der Waals surface area contributed by atoms with E-state index in [1.54, 1.807) is 0 Å².